The van der Waals surface area contributed by atoms with Crippen molar-refractivity contribution >= 4 is 5.69 Å². The first kappa shape index (κ1) is 15.1. The van der Waals surface area contributed by atoms with Crippen molar-refractivity contribution in [2.24, 2.45) is 0 Å². The molecule has 0 amide bonds. The summed E-state index contributed by atoms with van der Waals surface area (Å²) in [5.41, 5.74) is 4.08. The van der Waals surface area contributed by atoms with Crippen LogP contribution >= 0.6 is 0 Å². The van der Waals surface area contributed by atoms with Gasteiger partial charge in [0.2, 0.25) is 0 Å². The molecule has 3 rings (SSSR count). The third kappa shape index (κ3) is 3.33. The Bertz CT molecular complexity index is 579. The molecule has 2 aromatic carbocycles. The van der Waals surface area contributed by atoms with Gasteiger partial charge in [0.1, 0.15) is 0 Å². The third-order valence-electron chi connectivity index (χ3n) is 4.71. The molecule has 0 aromatic heterocycles. The summed E-state index contributed by atoms with van der Waals surface area (Å²) in [7, 11) is 0. The van der Waals surface area contributed by atoms with Crippen LogP contribution in [0.2, 0.25) is 0 Å². The van der Waals surface area contributed by atoms with Crippen LogP contribution in [0, 0.1) is 6.92 Å². The minimum absolute atomic E-state index is 0.560. The van der Waals surface area contributed by atoms with Crippen LogP contribution in [0.1, 0.15) is 25.0 Å². The summed E-state index contributed by atoms with van der Waals surface area (Å²) in [6.45, 7) is 10.1. The molecule has 1 fully saturated rings. The summed E-state index contributed by atoms with van der Waals surface area (Å²) in [5.74, 6) is 0. The number of benzene rings is 2. The van der Waals surface area contributed by atoms with Crippen LogP contribution in [0.4, 0.5) is 5.69 Å². The Morgan fingerprint density at radius 2 is 1.45 bits per heavy atom. The summed E-state index contributed by atoms with van der Waals surface area (Å²) in [6.07, 6.45) is 0. The largest absolute Gasteiger partial charge is 0.368 e. The molecule has 0 spiro atoms. The zero-order chi connectivity index (χ0) is 15.5. The first-order chi connectivity index (χ1) is 10.6. The quantitative estimate of drug-likeness (QED) is 0.841. The molecular weight excluding hydrogens is 268 g/mol. The minimum atomic E-state index is 0.560. The van der Waals surface area contributed by atoms with Gasteiger partial charge >= 0.3 is 0 Å². The van der Waals surface area contributed by atoms with Crippen molar-refractivity contribution in [2.75, 3.05) is 18.0 Å². The van der Waals surface area contributed by atoms with Crippen LogP contribution < -0.4 is 4.90 Å². The summed E-state index contributed by atoms with van der Waals surface area (Å²) < 4.78 is 0. The maximum atomic E-state index is 2.63. The second kappa shape index (κ2) is 6.53. The van der Waals surface area contributed by atoms with Gasteiger partial charge in [0, 0.05) is 37.4 Å². The van der Waals surface area contributed by atoms with Crippen molar-refractivity contribution in [3.05, 3.63) is 65.7 Å². The lowest BCUT2D eigenvalue weighted by Crippen LogP contribution is -2.56. The summed E-state index contributed by atoms with van der Waals surface area (Å²) >= 11 is 0. The van der Waals surface area contributed by atoms with Crippen LogP contribution in [-0.2, 0) is 6.54 Å². The normalized spacial score (nSPS) is 22.8. The van der Waals surface area contributed by atoms with E-state index in [4.69, 9.17) is 0 Å². The lowest BCUT2D eigenvalue weighted by molar-refractivity contribution is 0.123. The van der Waals surface area contributed by atoms with Crippen molar-refractivity contribution in [2.45, 2.75) is 39.4 Å². The van der Waals surface area contributed by atoms with Crippen molar-refractivity contribution in [1.29, 1.82) is 0 Å². The zero-order valence-electron chi connectivity index (χ0n) is 13.9. The van der Waals surface area contributed by atoms with E-state index >= 15 is 0 Å². The van der Waals surface area contributed by atoms with Gasteiger partial charge in [-0.15, -0.1) is 0 Å². The van der Waals surface area contributed by atoms with Crippen LogP contribution in [0.3, 0.4) is 0 Å². The van der Waals surface area contributed by atoms with Gasteiger partial charge < -0.3 is 4.90 Å². The number of aryl methyl sites for hydroxylation is 1. The van der Waals surface area contributed by atoms with E-state index < -0.39 is 0 Å². The van der Waals surface area contributed by atoms with Crippen LogP contribution in [-0.4, -0.2) is 30.1 Å². The minimum Gasteiger partial charge on any atom is -0.368 e. The molecular formula is C20H26N2. The first-order valence-electron chi connectivity index (χ1n) is 8.25. The summed E-state index contributed by atoms with van der Waals surface area (Å²) in [4.78, 5) is 5.15. The molecule has 2 heteroatoms. The lowest BCUT2D eigenvalue weighted by Gasteiger charge is -2.45. The van der Waals surface area contributed by atoms with E-state index in [0.717, 1.165) is 19.6 Å². The van der Waals surface area contributed by atoms with E-state index in [0.29, 0.717) is 12.1 Å². The molecule has 0 bridgehead atoms. The van der Waals surface area contributed by atoms with E-state index in [2.05, 4.69) is 85.2 Å². The zero-order valence-corrected chi connectivity index (χ0v) is 13.9. The van der Waals surface area contributed by atoms with E-state index in [-0.39, 0.29) is 0 Å². The molecule has 1 heterocycles. The average molecular weight is 294 g/mol. The maximum Gasteiger partial charge on any atom is 0.0367 e. The Morgan fingerprint density at radius 1 is 0.864 bits per heavy atom. The highest BCUT2D eigenvalue weighted by Crippen LogP contribution is 2.24. The van der Waals surface area contributed by atoms with E-state index in [1.165, 1.54) is 16.8 Å². The van der Waals surface area contributed by atoms with Gasteiger partial charge in [-0.2, -0.15) is 0 Å². The topological polar surface area (TPSA) is 6.48 Å². The lowest BCUT2D eigenvalue weighted by atomic mass is 10.0. The fourth-order valence-corrected chi connectivity index (χ4v) is 3.43. The second-order valence-corrected chi connectivity index (χ2v) is 6.60. The summed E-state index contributed by atoms with van der Waals surface area (Å²) in [5, 5.41) is 0. The molecule has 2 unspecified atom stereocenters. The van der Waals surface area contributed by atoms with Gasteiger partial charge in [-0.05, 0) is 38.5 Å². The number of nitrogens with zero attached hydrogens (tertiary/aromatic N) is 2. The van der Waals surface area contributed by atoms with Gasteiger partial charge in [-0.1, -0.05) is 48.0 Å². The van der Waals surface area contributed by atoms with Crippen molar-refractivity contribution < 1.29 is 0 Å². The molecule has 22 heavy (non-hydrogen) atoms. The van der Waals surface area contributed by atoms with E-state index in [1.54, 1.807) is 0 Å². The van der Waals surface area contributed by atoms with Gasteiger partial charge in [0.05, 0.1) is 0 Å². The SMILES string of the molecule is Cc1ccc(N2CC(C)N(Cc3ccccc3)C(C)C2)cc1. The Balaban J connectivity index is 1.70. The fourth-order valence-electron chi connectivity index (χ4n) is 3.43. The molecule has 0 aliphatic carbocycles. The molecule has 1 aliphatic heterocycles. The molecule has 0 radical (unpaired) electrons. The van der Waals surface area contributed by atoms with Gasteiger partial charge in [0.25, 0.3) is 0 Å². The number of piperazine rings is 1. The van der Waals surface area contributed by atoms with Gasteiger partial charge in [0.15, 0.2) is 0 Å². The smallest absolute Gasteiger partial charge is 0.0367 e. The second-order valence-electron chi connectivity index (χ2n) is 6.60. The Labute approximate surface area is 134 Å². The number of anilines is 1. The Morgan fingerprint density at radius 3 is 2.05 bits per heavy atom. The monoisotopic (exact) mass is 294 g/mol. The highest BCUT2D eigenvalue weighted by molar-refractivity contribution is 5.48. The fraction of sp³-hybridized carbons (Fsp3) is 0.400. The van der Waals surface area contributed by atoms with Crippen LogP contribution in [0.5, 0.6) is 0 Å². The van der Waals surface area contributed by atoms with Gasteiger partial charge in [-0.25, -0.2) is 0 Å². The van der Waals surface area contributed by atoms with E-state index in [1.807, 2.05) is 0 Å². The average Bonchev–Trinajstić information content (AvgIpc) is 2.52. The van der Waals surface area contributed by atoms with Crippen LogP contribution in [0.25, 0.3) is 0 Å². The molecule has 116 valence electrons. The van der Waals surface area contributed by atoms with Crippen molar-refractivity contribution in [3.8, 4) is 0 Å². The molecule has 0 saturated carbocycles. The number of rotatable bonds is 3. The summed E-state index contributed by atoms with van der Waals surface area (Å²) in [6, 6.07) is 20.9. The van der Waals surface area contributed by atoms with Crippen molar-refractivity contribution in [3.63, 3.8) is 0 Å². The molecule has 2 atom stereocenters. The molecule has 1 aliphatic rings. The van der Waals surface area contributed by atoms with Crippen molar-refractivity contribution in [1.82, 2.24) is 4.90 Å². The van der Waals surface area contributed by atoms with Crippen LogP contribution in [0.15, 0.2) is 54.6 Å². The predicted molar refractivity (Wildman–Crippen MR) is 94.3 cm³/mol. The number of hydrogen-bond acceptors (Lipinski definition) is 2. The third-order valence-corrected chi connectivity index (χ3v) is 4.71. The molecule has 2 nitrogen and oxygen atoms in total. The predicted octanol–water partition coefficient (Wildman–Crippen LogP) is 4.09. The first-order valence-corrected chi connectivity index (χ1v) is 8.25. The Kier molecular flexibility index (Phi) is 4.49. The molecule has 1 saturated heterocycles. The molecule has 0 N–H and O–H groups in total. The highest BCUT2D eigenvalue weighted by atomic mass is 15.3. The van der Waals surface area contributed by atoms with Gasteiger partial charge in [-0.3, -0.25) is 4.90 Å². The maximum absolute atomic E-state index is 2.63. The highest BCUT2D eigenvalue weighted by Gasteiger charge is 2.29. The van der Waals surface area contributed by atoms with E-state index in [9.17, 15) is 0 Å². The number of hydrogen-bond donors (Lipinski definition) is 0. The Hall–Kier alpha value is -1.80. The molecule has 2 aromatic rings. The standard InChI is InChI=1S/C20H26N2/c1-16-9-11-20(12-10-16)21-13-17(2)22(18(3)14-21)15-19-7-5-4-6-8-19/h4-12,17-18H,13-15H2,1-3H3.